The van der Waals surface area contributed by atoms with Crippen molar-refractivity contribution in [3.63, 3.8) is 0 Å². The Morgan fingerprint density at radius 3 is 1.10 bits per heavy atom. The number of hydrogen-bond donors (Lipinski definition) is 0. The molecule has 0 aliphatic heterocycles. The molecule has 0 aromatic carbocycles. The summed E-state index contributed by atoms with van der Waals surface area (Å²) in [6.45, 7) is 9.67. The van der Waals surface area contributed by atoms with Crippen molar-refractivity contribution in [3.05, 3.63) is 39.2 Å². The average molecular weight is 320 g/mol. The van der Waals surface area contributed by atoms with Crippen LogP contribution in [-0.4, -0.2) is 18.3 Å². The molecular formula is C16H32O3Ti-3. The van der Waals surface area contributed by atoms with Crippen LogP contribution in [0.1, 0.15) is 48.0 Å². The van der Waals surface area contributed by atoms with Crippen molar-refractivity contribution < 1.29 is 37.0 Å². The van der Waals surface area contributed by atoms with Crippen molar-refractivity contribution in [2.24, 2.45) is 0 Å². The van der Waals surface area contributed by atoms with E-state index < -0.39 is 18.3 Å². The number of rotatable bonds is 0. The van der Waals surface area contributed by atoms with Crippen LogP contribution < -0.4 is 15.3 Å². The molecule has 0 unspecified atom stereocenters. The van der Waals surface area contributed by atoms with Crippen LogP contribution in [0.25, 0.3) is 0 Å². The monoisotopic (exact) mass is 320 g/mol. The smallest absolute Gasteiger partial charge is 0.852 e. The Bertz CT molecular complexity index is 144. The third-order valence-electron chi connectivity index (χ3n) is 0.586. The van der Waals surface area contributed by atoms with Gasteiger partial charge >= 0.3 is 21.7 Å². The molecule has 0 aromatic heterocycles. The second-order valence-electron chi connectivity index (χ2n) is 4.15. The molecule has 0 heterocycles. The Morgan fingerprint density at radius 2 is 1.05 bits per heavy atom. The maximum absolute atomic E-state index is 9.53. The summed E-state index contributed by atoms with van der Waals surface area (Å²) in [6, 6.07) is 0. The van der Waals surface area contributed by atoms with Gasteiger partial charge in [-0.15, -0.1) is 24.7 Å². The van der Waals surface area contributed by atoms with Crippen LogP contribution in [0.2, 0.25) is 0 Å². The summed E-state index contributed by atoms with van der Waals surface area (Å²) in [6.07, 6.45) is 8.75. The Kier molecular flexibility index (Phi) is 58.0. The summed E-state index contributed by atoms with van der Waals surface area (Å²) in [5.41, 5.74) is 0. The van der Waals surface area contributed by atoms with E-state index in [-0.39, 0.29) is 36.6 Å². The van der Waals surface area contributed by atoms with Crippen LogP contribution in [-0.2, 0) is 21.7 Å². The summed E-state index contributed by atoms with van der Waals surface area (Å²) in [5.74, 6) is 0. The van der Waals surface area contributed by atoms with E-state index in [0.29, 0.717) is 0 Å². The Morgan fingerprint density at radius 1 is 0.800 bits per heavy atom. The summed E-state index contributed by atoms with van der Waals surface area (Å²) in [7, 11) is 0. The molecule has 1 rings (SSSR count). The second kappa shape index (κ2) is 31.5. The van der Waals surface area contributed by atoms with Gasteiger partial charge in [-0.1, -0.05) is 41.5 Å². The molecule has 0 N–H and O–H groups in total. The number of allylic oxidation sites excluding steroid dienone is 4. The van der Waals surface area contributed by atoms with Crippen LogP contribution in [0.3, 0.4) is 0 Å². The zero-order chi connectivity index (χ0) is 14.3. The molecule has 0 atom stereocenters. The molecule has 1 radical (unpaired) electrons. The summed E-state index contributed by atoms with van der Waals surface area (Å²) < 4.78 is 0. The average Bonchev–Trinajstić information content (AvgIpc) is 2.53. The van der Waals surface area contributed by atoms with Crippen LogP contribution in [0.15, 0.2) is 18.2 Å². The third-order valence-corrected chi connectivity index (χ3v) is 0.586. The van der Waals surface area contributed by atoms with Gasteiger partial charge in [0.2, 0.25) is 0 Å². The van der Waals surface area contributed by atoms with Gasteiger partial charge in [-0.3, -0.25) is 6.08 Å². The number of hydrogen-bond acceptors (Lipinski definition) is 3. The van der Waals surface area contributed by atoms with Crippen LogP contribution >= 0.6 is 0 Å². The maximum atomic E-state index is 9.53. The van der Waals surface area contributed by atoms with Gasteiger partial charge in [-0.05, 0) is 0 Å². The van der Waals surface area contributed by atoms with Gasteiger partial charge in [0.25, 0.3) is 0 Å². The van der Waals surface area contributed by atoms with Gasteiger partial charge in [0.05, 0.1) is 0 Å². The largest absolute Gasteiger partial charge is 3.00 e. The van der Waals surface area contributed by atoms with Crippen LogP contribution in [0.4, 0.5) is 0 Å². The van der Waals surface area contributed by atoms with Gasteiger partial charge in [0.15, 0.2) is 0 Å². The Balaban J connectivity index is -0.0000000314. The molecule has 0 amide bonds. The minimum absolute atomic E-state index is 0. The molecule has 1 aliphatic carbocycles. The first-order valence-electron chi connectivity index (χ1n) is 5.89. The molecule has 0 saturated carbocycles. The minimum Gasteiger partial charge on any atom is -0.852 e. The zero-order valence-corrected chi connectivity index (χ0v) is 16.0. The first kappa shape index (κ1) is 36.9. The van der Waals surface area contributed by atoms with Gasteiger partial charge in [-0.25, -0.2) is 12.2 Å². The van der Waals surface area contributed by atoms with Gasteiger partial charge in [-0.2, -0.15) is 6.08 Å². The predicted octanol–water partition coefficient (Wildman–Crippen LogP) is 1.47. The van der Waals surface area contributed by atoms with Crippen molar-refractivity contribution >= 4 is 0 Å². The Hall–Kier alpha value is 0.0743. The van der Waals surface area contributed by atoms with Gasteiger partial charge in [0, 0.05) is 0 Å². The van der Waals surface area contributed by atoms with Crippen molar-refractivity contribution in [1.82, 2.24) is 0 Å². The van der Waals surface area contributed by atoms with Crippen molar-refractivity contribution in [2.45, 2.75) is 66.3 Å². The SMILES string of the molecule is CC(C)[O-].CC(C)[O-].CC(C)[O-].[C-]1=CC=CC1.[CH3-].[CH3-].[Ti+3]. The molecule has 4 heteroatoms. The molecule has 20 heavy (non-hydrogen) atoms. The third kappa shape index (κ3) is 205. The Labute approximate surface area is 142 Å². The standard InChI is InChI=1S/C5H5.3C3H7O.2CH3.Ti/c1-2-4-5-3-1;3*1-3(2)4;;;/h1-3H,4H2;3*3H,1-2H3;2*1H3;/q6*-1;+3. The van der Waals surface area contributed by atoms with E-state index in [1.165, 1.54) is 0 Å². The molecule has 3 nitrogen and oxygen atoms in total. The minimum atomic E-state index is -0.417. The molecule has 0 aromatic rings. The molecule has 121 valence electrons. The van der Waals surface area contributed by atoms with Gasteiger partial charge < -0.3 is 30.2 Å². The quantitative estimate of drug-likeness (QED) is 0.501. The first-order chi connectivity index (χ1) is 7.70. The predicted molar refractivity (Wildman–Crippen MR) is 79.8 cm³/mol. The normalized spacial score (nSPS) is 9.80. The van der Waals surface area contributed by atoms with Crippen LogP contribution in [0.5, 0.6) is 0 Å². The van der Waals surface area contributed by atoms with E-state index in [0.717, 1.165) is 6.42 Å². The van der Waals surface area contributed by atoms with E-state index in [4.69, 9.17) is 0 Å². The first-order valence-corrected chi connectivity index (χ1v) is 5.89. The summed E-state index contributed by atoms with van der Waals surface area (Å²) in [5, 5.41) is 28.6. The van der Waals surface area contributed by atoms with E-state index in [9.17, 15) is 15.3 Å². The van der Waals surface area contributed by atoms with E-state index >= 15 is 0 Å². The molecule has 0 saturated heterocycles. The molecule has 0 fully saturated rings. The molecule has 0 spiro atoms. The topological polar surface area (TPSA) is 69.2 Å². The fourth-order valence-corrected chi connectivity index (χ4v) is 0.340. The van der Waals surface area contributed by atoms with Crippen molar-refractivity contribution in [3.8, 4) is 0 Å². The summed E-state index contributed by atoms with van der Waals surface area (Å²) in [4.78, 5) is 0. The van der Waals surface area contributed by atoms with Crippen molar-refractivity contribution in [1.29, 1.82) is 0 Å². The second-order valence-corrected chi connectivity index (χ2v) is 4.15. The van der Waals surface area contributed by atoms with Crippen molar-refractivity contribution in [2.75, 3.05) is 0 Å². The van der Waals surface area contributed by atoms with E-state index in [1.54, 1.807) is 41.5 Å². The molecule has 0 bridgehead atoms. The molecule has 1 aliphatic rings. The van der Waals surface area contributed by atoms with E-state index in [2.05, 4.69) is 12.2 Å². The van der Waals surface area contributed by atoms with Crippen LogP contribution in [0, 0.1) is 20.9 Å². The zero-order valence-electron chi connectivity index (χ0n) is 14.4. The van der Waals surface area contributed by atoms with E-state index in [1.807, 2.05) is 12.2 Å². The fraction of sp³-hybridized carbons (Fsp3) is 0.625. The maximum Gasteiger partial charge on any atom is 3.00 e. The molecular weight excluding hydrogens is 288 g/mol. The summed E-state index contributed by atoms with van der Waals surface area (Å²) >= 11 is 0. The van der Waals surface area contributed by atoms with Gasteiger partial charge in [0.1, 0.15) is 0 Å². The fourth-order valence-electron chi connectivity index (χ4n) is 0.340.